The van der Waals surface area contributed by atoms with E-state index in [1.807, 2.05) is 0 Å². The number of carbonyl (C=O) groups excluding carboxylic acids is 2. The van der Waals surface area contributed by atoms with E-state index in [4.69, 9.17) is 27.9 Å². The van der Waals surface area contributed by atoms with Gasteiger partial charge in [0.1, 0.15) is 0 Å². The molecule has 110 valence electrons. The minimum absolute atomic E-state index is 0.118. The van der Waals surface area contributed by atoms with Crippen LogP contribution in [0.4, 0.5) is 10.5 Å². The van der Waals surface area contributed by atoms with Crippen molar-refractivity contribution >= 4 is 40.9 Å². The third kappa shape index (κ3) is 6.12. The molecule has 0 radical (unpaired) electrons. The van der Waals surface area contributed by atoms with Gasteiger partial charge in [0.05, 0.1) is 22.6 Å². The van der Waals surface area contributed by atoms with E-state index in [1.165, 1.54) is 6.07 Å². The maximum atomic E-state index is 11.6. The summed E-state index contributed by atoms with van der Waals surface area (Å²) >= 11 is 11.6. The maximum absolute atomic E-state index is 11.6. The average Bonchev–Trinajstić information content (AvgIpc) is 2.33. The zero-order valence-electron chi connectivity index (χ0n) is 11.2. The minimum Gasteiger partial charge on any atom is -0.463 e. The zero-order valence-corrected chi connectivity index (χ0v) is 12.7. The van der Waals surface area contributed by atoms with E-state index in [2.05, 4.69) is 10.6 Å². The van der Waals surface area contributed by atoms with Crippen LogP contribution in [-0.2, 0) is 9.53 Å². The number of urea groups is 1. The summed E-state index contributed by atoms with van der Waals surface area (Å²) in [7, 11) is 0. The van der Waals surface area contributed by atoms with Gasteiger partial charge in [0.2, 0.25) is 0 Å². The molecule has 0 saturated heterocycles. The number of anilines is 1. The van der Waals surface area contributed by atoms with Crippen LogP contribution in [0.25, 0.3) is 0 Å². The predicted octanol–water partition coefficient (Wildman–Crippen LogP) is 3.46. The van der Waals surface area contributed by atoms with Crippen LogP contribution in [0.3, 0.4) is 0 Å². The molecule has 1 rings (SSSR count). The monoisotopic (exact) mass is 318 g/mol. The molecule has 7 heteroatoms. The summed E-state index contributed by atoms with van der Waals surface area (Å²) in [6.07, 6.45) is -0.0417. The van der Waals surface area contributed by atoms with E-state index in [-0.39, 0.29) is 25.0 Å². The summed E-state index contributed by atoms with van der Waals surface area (Å²) in [6, 6.07) is 4.32. The van der Waals surface area contributed by atoms with E-state index in [1.54, 1.807) is 26.0 Å². The van der Waals surface area contributed by atoms with Gasteiger partial charge in [0.25, 0.3) is 0 Å². The number of carbonyl (C=O) groups is 2. The van der Waals surface area contributed by atoms with Crippen LogP contribution in [0, 0.1) is 0 Å². The number of hydrogen-bond acceptors (Lipinski definition) is 3. The van der Waals surface area contributed by atoms with Crippen LogP contribution in [0.1, 0.15) is 20.3 Å². The van der Waals surface area contributed by atoms with E-state index in [9.17, 15) is 9.59 Å². The fraction of sp³-hybridized carbons (Fsp3) is 0.385. The summed E-state index contributed by atoms with van der Waals surface area (Å²) in [4.78, 5) is 22.8. The minimum atomic E-state index is -0.430. The lowest BCUT2D eigenvalue weighted by molar-refractivity contribution is -0.147. The molecule has 0 aliphatic carbocycles. The molecule has 0 bridgehead atoms. The van der Waals surface area contributed by atoms with Crippen LogP contribution in [0.5, 0.6) is 0 Å². The summed E-state index contributed by atoms with van der Waals surface area (Å²) < 4.78 is 4.94. The molecule has 0 fully saturated rings. The Labute approximate surface area is 127 Å². The summed E-state index contributed by atoms with van der Waals surface area (Å²) in [6.45, 7) is 3.73. The lowest BCUT2D eigenvalue weighted by Crippen LogP contribution is -2.31. The molecular formula is C13H16Cl2N2O3. The number of benzene rings is 1. The molecule has 0 saturated carbocycles. The Kier molecular flexibility index (Phi) is 6.61. The Morgan fingerprint density at radius 3 is 2.55 bits per heavy atom. The van der Waals surface area contributed by atoms with Crippen molar-refractivity contribution in [3.8, 4) is 0 Å². The van der Waals surface area contributed by atoms with Crippen molar-refractivity contribution in [2.45, 2.75) is 26.4 Å². The van der Waals surface area contributed by atoms with Crippen molar-refractivity contribution in [3.05, 3.63) is 28.2 Å². The van der Waals surface area contributed by atoms with E-state index in [0.717, 1.165) is 0 Å². The quantitative estimate of drug-likeness (QED) is 0.817. The molecule has 1 aromatic rings. The first-order valence-electron chi connectivity index (χ1n) is 6.08. The predicted molar refractivity (Wildman–Crippen MR) is 79.3 cm³/mol. The van der Waals surface area contributed by atoms with Crippen molar-refractivity contribution in [1.82, 2.24) is 5.32 Å². The number of nitrogens with one attached hydrogen (secondary N) is 2. The number of hydrogen-bond donors (Lipinski definition) is 2. The third-order valence-electron chi connectivity index (χ3n) is 2.16. The summed E-state index contributed by atoms with van der Waals surface area (Å²) in [5.41, 5.74) is 0.515. The molecule has 20 heavy (non-hydrogen) atoms. The van der Waals surface area contributed by atoms with Crippen molar-refractivity contribution in [1.29, 1.82) is 0 Å². The third-order valence-corrected chi connectivity index (χ3v) is 2.90. The lowest BCUT2D eigenvalue weighted by Gasteiger charge is -2.09. The van der Waals surface area contributed by atoms with Crippen molar-refractivity contribution in [3.63, 3.8) is 0 Å². The van der Waals surface area contributed by atoms with Crippen LogP contribution in [0.15, 0.2) is 18.2 Å². The molecule has 0 aliphatic heterocycles. The Bertz CT molecular complexity index is 493. The summed E-state index contributed by atoms with van der Waals surface area (Å²) in [5.74, 6) is -0.352. The number of rotatable bonds is 5. The van der Waals surface area contributed by atoms with E-state index in [0.29, 0.717) is 15.7 Å². The Morgan fingerprint density at radius 2 is 1.95 bits per heavy atom. The van der Waals surface area contributed by atoms with Gasteiger partial charge in [-0.3, -0.25) is 4.79 Å². The molecule has 5 nitrogen and oxygen atoms in total. The van der Waals surface area contributed by atoms with Gasteiger partial charge in [-0.2, -0.15) is 0 Å². The largest absolute Gasteiger partial charge is 0.463 e. The fourth-order valence-corrected chi connectivity index (χ4v) is 1.65. The topological polar surface area (TPSA) is 67.4 Å². The molecule has 2 amide bonds. The van der Waals surface area contributed by atoms with E-state index >= 15 is 0 Å². The van der Waals surface area contributed by atoms with Gasteiger partial charge in [0.15, 0.2) is 0 Å². The highest BCUT2D eigenvalue weighted by Crippen LogP contribution is 2.24. The average molecular weight is 319 g/mol. The normalized spacial score (nSPS) is 10.2. The van der Waals surface area contributed by atoms with Gasteiger partial charge < -0.3 is 15.4 Å². The Balaban J connectivity index is 2.33. The Hall–Kier alpha value is -1.46. The highest BCUT2D eigenvalue weighted by molar-refractivity contribution is 6.42. The van der Waals surface area contributed by atoms with Gasteiger partial charge in [-0.05, 0) is 32.0 Å². The second-order valence-electron chi connectivity index (χ2n) is 4.30. The van der Waals surface area contributed by atoms with E-state index < -0.39 is 6.03 Å². The van der Waals surface area contributed by atoms with Crippen molar-refractivity contribution in [2.75, 3.05) is 11.9 Å². The molecule has 1 aromatic carbocycles. The standard InChI is InChI=1S/C13H16Cl2N2O3/c1-8(2)20-12(18)5-6-16-13(19)17-9-3-4-10(14)11(15)7-9/h3-4,7-8H,5-6H2,1-2H3,(H2,16,17,19). The first-order chi connectivity index (χ1) is 9.38. The number of ether oxygens (including phenoxy) is 1. The van der Waals surface area contributed by atoms with Gasteiger partial charge in [-0.25, -0.2) is 4.79 Å². The van der Waals surface area contributed by atoms with Gasteiger partial charge >= 0.3 is 12.0 Å². The molecule has 0 atom stereocenters. The SMILES string of the molecule is CC(C)OC(=O)CCNC(=O)Nc1ccc(Cl)c(Cl)c1. The number of amides is 2. The maximum Gasteiger partial charge on any atom is 0.319 e. The lowest BCUT2D eigenvalue weighted by atomic mass is 10.3. The van der Waals surface area contributed by atoms with Crippen molar-refractivity contribution in [2.24, 2.45) is 0 Å². The van der Waals surface area contributed by atoms with Gasteiger partial charge in [0, 0.05) is 12.2 Å². The molecule has 0 aromatic heterocycles. The van der Waals surface area contributed by atoms with Crippen molar-refractivity contribution < 1.29 is 14.3 Å². The number of esters is 1. The smallest absolute Gasteiger partial charge is 0.319 e. The first-order valence-corrected chi connectivity index (χ1v) is 6.83. The van der Waals surface area contributed by atoms with Crippen LogP contribution in [-0.4, -0.2) is 24.6 Å². The molecular weight excluding hydrogens is 303 g/mol. The second kappa shape index (κ2) is 7.97. The highest BCUT2D eigenvalue weighted by Gasteiger charge is 2.07. The van der Waals surface area contributed by atoms with Crippen LogP contribution >= 0.6 is 23.2 Å². The van der Waals surface area contributed by atoms with Gasteiger partial charge in [-0.1, -0.05) is 23.2 Å². The molecule has 0 unspecified atom stereocenters. The second-order valence-corrected chi connectivity index (χ2v) is 5.11. The molecule has 0 heterocycles. The molecule has 0 aliphatic rings. The summed E-state index contributed by atoms with van der Waals surface area (Å²) in [5, 5.41) is 5.88. The number of halogens is 2. The molecule has 2 N–H and O–H groups in total. The van der Waals surface area contributed by atoms with Gasteiger partial charge in [-0.15, -0.1) is 0 Å². The fourth-order valence-electron chi connectivity index (χ4n) is 1.35. The molecule has 0 spiro atoms. The zero-order chi connectivity index (χ0) is 15.1. The first kappa shape index (κ1) is 16.6. The van der Waals surface area contributed by atoms with Crippen LogP contribution in [0.2, 0.25) is 10.0 Å². The Morgan fingerprint density at radius 1 is 1.25 bits per heavy atom. The highest BCUT2D eigenvalue weighted by atomic mass is 35.5. The van der Waals surface area contributed by atoms with Crippen LogP contribution < -0.4 is 10.6 Å².